The van der Waals surface area contributed by atoms with Gasteiger partial charge in [-0.1, -0.05) is 23.7 Å². The number of aromatic nitrogens is 3. The Morgan fingerprint density at radius 3 is 2.30 bits per heavy atom. The maximum absolute atomic E-state index is 15.4. The van der Waals surface area contributed by atoms with Crippen molar-refractivity contribution >= 4 is 50.0 Å². The van der Waals surface area contributed by atoms with Crippen LogP contribution in [0.4, 0.5) is 45.3 Å². The molecule has 1 amide bonds. The molecule has 10 nitrogen and oxygen atoms in total. The lowest BCUT2D eigenvalue weighted by Gasteiger charge is -2.23. The molecule has 2 unspecified atom stereocenters. The number of carbonyl (C=O) groups excluding carboxylic acids is 1. The van der Waals surface area contributed by atoms with Crippen molar-refractivity contribution in [3.8, 4) is 11.1 Å². The zero-order chi connectivity index (χ0) is 41.7. The fraction of sp³-hybridized carbons (Fsp3) is 0.371. The minimum Gasteiger partial charge on any atom is -0.394 e. The number of fused-ring (bicyclic) bond motifs is 1. The van der Waals surface area contributed by atoms with Gasteiger partial charge in [0.25, 0.3) is 0 Å². The number of anilines is 1. The van der Waals surface area contributed by atoms with E-state index in [0.717, 1.165) is 32.4 Å². The fourth-order valence-corrected chi connectivity index (χ4v) is 7.07. The molecule has 21 heteroatoms. The van der Waals surface area contributed by atoms with Gasteiger partial charge in [-0.2, -0.15) is 31.4 Å². The summed E-state index contributed by atoms with van der Waals surface area (Å²) in [5, 5.41) is 6.20. The summed E-state index contributed by atoms with van der Waals surface area (Å²) in [6.07, 6.45) is -10.3. The number of nitrogens with one attached hydrogen (secondary N) is 1. The summed E-state index contributed by atoms with van der Waals surface area (Å²) in [6, 6.07) is 6.62. The van der Waals surface area contributed by atoms with Gasteiger partial charge in [0.2, 0.25) is 15.9 Å². The fourth-order valence-electron chi connectivity index (χ4n) is 6.39. The molecule has 2 heterocycles. The molecule has 0 bridgehead atoms. The van der Waals surface area contributed by atoms with E-state index in [0.29, 0.717) is 20.7 Å². The van der Waals surface area contributed by atoms with Crippen LogP contribution in [0.5, 0.6) is 0 Å². The van der Waals surface area contributed by atoms with Crippen molar-refractivity contribution in [1.82, 2.24) is 20.1 Å². The second-order valence-electron chi connectivity index (χ2n) is 13.4. The lowest BCUT2D eigenvalue weighted by molar-refractivity contribution is -0.141. The van der Waals surface area contributed by atoms with Crippen molar-refractivity contribution in [3.63, 3.8) is 0 Å². The molecule has 2 aromatic carbocycles. The van der Waals surface area contributed by atoms with Crippen LogP contribution in [0.2, 0.25) is 5.02 Å². The zero-order valence-electron chi connectivity index (χ0n) is 29.9. The Kier molecular flexibility index (Phi) is 11.5. The highest BCUT2D eigenvalue weighted by Gasteiger charge is 2.45. The first-order valence-electron chi connectivity index (χ1n) is 16.5. The Hall–Kier alpha value is -4.85. The number of amides is 1. The molecule has 0 radical (unpaired) electrons. The number of hydrogen-bond donors (Lipinski definition) is 2. The van der Waals surface area contributed by atoms with Crippen molar-refractivity contribution in [2.45, 2.75) is 63.7 Å². The van der Waals surface area contributed by atoms with E-state index in [1.54, 1.807) is 0 Å². The van der Waals surface area contributed by atoms with Gasteiger partial charge in [0, 0.05) is 35.5 Å². The maximum atomic E-state index is 15.4. The van der Waals surface area contributed by atoms with Crippen LogP contribution in [0.15, 0.2) is 58.7 Å². The lowest BCUT2D eigenvalue weighted by atomic mass is 9.93. The third-order valence-electron chi connectivity index (χ3n) is 8.97. The Labute approximate surface area is 319 Å². The quantitative estimate of drug-likeness (QED) is 0.160. The van der Waals surface area contributed by atoms with E-state index in [1.807, 2.05) is 0 Å². The first-order chi connectivity index (χ1) is 25.8. The van der Waals surface area contributed by atoms with E-state index in [9.17, 15) is 48.3 Å². The Bertz CT molecular complexity index is 2360. The van der Waals surface area contributed by atoms with Crippen LogP contribution in [0.1, 0.15) is 42.8 Å². The van der Waals surface area contributed by atoms with Crippen LogP contribution in [0.25, 0.3) is 22.0 Å². The van der Waals surface area contributed by atoms with E-state index < -0.39 is 107 Å². The molecular formula is C35H33ClF9N7O3S. The first-order valence-corrected chi connectivity index (χ1v) is 18.7. The molecule has 2 atom stereocenters. The predicted octanol–water partition coefficient (Wildman–Crippen LogP) is 7.43. The predicted molar refractivity (Wildman–Crippen MR) is 191 cm³/mol. The molecule has 1 aliphatic carbocycles. The number of sulfonamides is 1. The van der Waals surface area contributed by atoms with Gasteiger partial charge in [-0.05, 0) is 62.9 Å². The van der Waals surface area contributed by atoms with Crippen LogP contribution in [-0.2, 0) is 27.8 Å². The highest BCUT2D eigenvalue weighted by atomic mass is 35.5. The van der Waals surface area contributed by atoms with E-state index in [-0.39, 0.29) is 38.3 Å². The summed E-state index contributed by atoms with van der Waals surface area (Å²) >= 11 is 6.48. The van der Waals surface area contributed by atoms with Crippen LogP contribution < -0.4 is 15.4 Å². The summed E-state index contributed by atoms with van der Waals surface area (Å²) in [5.74, 6) is -3.43. The monoisotopic (exact) mass is 837 g/mol. The van der Waals surface area contributed by atoms with Crippen LogP contribution in [0.3, 0.4) is 0 Å². The number of nitrogens with two attached hydrogens (primary N) is 1. The van der Waals surface area contributed by atoms with Gasteiger partial charge in [-0.25, -0.2) is 21.6 Å². The van der Waals surface area contributed by atoms with Crippen LogP contribution in [-0.4, -0.2) is 72.7 Å². The number of carbonyl (C=O) groups is 1. The molecule has 0 aliphatic heterocycles. The molecule has 4 aromatic rings. The normalized spacial score (nSPS) is 18.8. The SMILES string of the molecule is Cc1ccc(-c2ccc(Cl)c3c(N(C)S(C)(=O)=O)nn(CC(F)(F)F)c23)c(C(Cc2cc(F)cc(F)c2)NC(=O)CN=C2/C(=C(\N)C(F)(F)F)CCC2(C)F)n1. The van der Waals surface area contributed by atoms with Gasteiger partial charge in [0.1, 0.15) is 36.1 Å². The number of benzene rings is 2. The van der Waals surface area contributed by atoms with Crippen molar-refractivity contribution in [2.75, 3.05) is 24.2 Å². The highest BCUT2D eigenvalue weighted by Crippen LogP contribution is 2.42. The third-order valence-corrected chi connectivity index (χ3v) is 10.4. The van der Waals surface area contributed by atoms with Gasteiger partial charge < -0.3 is 11.1 Å². The number of hydrogen-bond acceptors (Lipinski definition) is 7. The third kappa shape index (κ3) is 9.22. The number of pyridine rings is 1. The number of allylic oxidation sites excluding steroid dienone is 2. The molecule has 3 N–H and O–H groups in total. The molecular weight excluding hydrogens is 805 g/mol. The average Bonchev–Trinajstić information content (AvgIpc) is 3.57. The van der Waals surface area contributed by atoms with E-state index >= 15 is 4.39 Å². The Balaban J connectivity index is 1.70. The Morgan fingerprint density at radius 2 is 1.71 bits per heavy atom. The van der Waals surface area contributed by atoms with Gasteiger partial charge in [-0.15, -0.1) is 0 Å². The number of aryl methyl sites for hydroxylation is 1. The van der Waals surface area contributed by atoms with Gasteiger partial charge in [0.05, 0.1) is 39.6 Å². The largest absolute Gasteiger partial charge is 0.431 e. The average molecular weight is 838 g/mol. The second kappa shape index (κ2) is 15.2. The van der Waals surface area contributed by atoms with Crippen molar-refractivity contribution in [1.29, 1.82) is 0 Å². The molecule has 1 fully saturated rings. The van der Waals surface area contributed by atoms with Crippen molar-refractivity contribution in [2.24, 2.45) is 10.7 Å². The van der Waals surface area contributed by atoms with Gasteiger partial charge in [-0.3, -0.25) is 23.8 Å². The van der Waals surface area contributed by atoms with E-state index in [4.69, 9.17) is 17.3 Å². The summed E-state index contributed by atoms with van der Waals surface area (Å²) < 4.78 is 153. The summed E-state index contributed by atoms with van der Waals surface area (Å²) in [6.45, 7) is -0.121. The number of nitrogens with zero attached hydrogens (tertiary/aromatic N) is 5. The molecule has 0 spiro atoms. The van der Waals surface area contributed by atoms with E-state index in [2.05, 4.69) is 20.4 Å². The number of aliphatic imine (C=N–C) groups is 1. The van der Waals surface area contributed by atoms with Crippen molar-refractivity contribution < 1.29 is 52.7 Å². The minimum absolute atomic E-state index is 0.0240. The number of alkyl halides is 7. The van der Waals surface area contributed by atoms with Crippen LogP contribution >= 0.6 is 11.6 Å². The van der Waals surface area contributed by atoms with E-state index in [1.165, 1.54) is 31.2 Å². The summed E-state index contributed by atoms with van der Waals surface area (Å²) in [4.78, 5) is 22.0. The zero-order valence-corrected chi connectivity index (χ0v) is 31.5. The molecule has 2 aromatic heterocycles. The van der Waals surface area contributed by atoms with Crippen molar-refractivity contribution in [3.05, 3.63) is 87.3 Å². The van der Waals surface area contributed by atoms with Gasteiger partial charge >= 0.3 is 12.4 Å². The second-order valence-corrected chi connectivity index (χ2v) is 15.8. The summed E-state index contributed by atoms with van der Waals surface area (Å²) in [5.41, 5.74) is -0.0289. The number of halogens is 10. The first kappa shape index (κ1) is 42.3. The highest BCUT2D eigenvalue weighted by molar-refractivity contribution is 7.92. The summed E-state index contributed by atoms with van der Waals surface area (Å²) in [7, 11) is -3.03. The number of rotatable bonds is 10. The molecule has 302 valence electrons. The molecule has 1 aliphatic rings. The minimum atomic E-state index is -5.01. The molecule has 0 saturated heterocycles. The van der Waals surface area contributed by atoms with Gasteiger partial charge in [0.15, 0.2) is 5.82 Å². The molecule has 56 heavy (non-hydrogen) atoms. The lowest BCUT2D eigenvalue weighted by Crippen LogP contribution is -2.34. The van der Waals surface area contributed by atoms with Crippen LogP contribution in [0, 0.1) is 18.6 Å². The molecule has 5 rings (SSSR count). The topological polar surface area (TPSA) is 136 Å². The molecule has 1 saturated carbocycles. The standard InChI is InChI=1S/C35H33ClF9N7O3S/c1-17-5-6-21(22-7-8-24(36)27-29(22)52(16-34(40,41)42)50-32(27)51(3)56(4,54)55)28(48-17)25(13-18-11-19(37)14-20(38)12-18)49-26(53)15-47-31-23(9-10-33(31,2)39)30(46)35(43,44)45/h5-8,11-12,14,25H,9-10,13,15-16,46H2,1-4H3,(H,49,53)/b30-23-,47-31?. The Morgan fingerprint density at radius 1 is 1.09 bits per heavy atom. The maximum Gasteiger partial charge on any atom is 0.431 e. The smallest absolute Gasteiger partial charge is 0.394 e.